The molecule has 3 aromatic rings. The number of carbonyl (C=O) groups excluding carboxylic acids is 1. The van der Waals surface area contributed by atoms with Crippen LogP contribution in [0, 0.1) is 6.92 Å². The largest absolute Gasteiger partial charge is 0.493 e. The van der Waals surface area contributed by atoms with Gasteiger partial charge in [0.15, 0.2) is 0 Å². The van der Waals surface area contributed by atoms with Crippen molar-refractivity contribution in [2.24, 2.45) is 0 Å². The smallest absolute Gasteiger partial charge is 0.227 e. The first-order valence-corrected chi connectivity index (χ1v) is 9.07. The van der Waals surface area contributed by atoms with E-state index in [-0.39, 0.29) is 5.91 Å². The van der Waals surface area contributed by atoms with E-state index in [0.717, 1.165) is 23.7 Å². The molecule has 0 saturated heterocycles. The van der Waals surface area contributed by atoms with Crippen LogP contribution in [0.1, 0.15) is 17.5 Å². The van der Waals surface area contributed by atoms with Crippen molar-refractivity contribution in [3.63, 3.8) is 0 Å². The average molecular weight is 360 g/mol. The van der Waals surface area contributed by atoms with Gasteiger partial charge in [0.05, 0.1) is 13.0 Å². The van der Waals surface area contributed by atoms with Gasteiger partial charge >= 0.3 is 0 Å². The Morgan fingerprint density at radius 1 is 0.852 bits per heavy atom. The highest BCUT2D eigenvalue weighted by Gasteiger charge is 2.04. The molecule has 0 fully saturated rings. The standard InChI is InChI=1S/C23H24N2O2/c1-18-7-5-6-8-19(18)17-24-20-11-13-21(14-12-20)25-23(26)15-16-27-22-9-3-2-4-10-22/h2-14,24H,15-17H2,1H3,(H,25,26). The van der Waals surface area contributed by atoms with Crippen LogP contribution in [0.4, 0.5) is 11.4 Å². The third-order valence-corrected chi connectivity index (χ3v) is 4.25. The van der Waals surface area contributed by atoms with Gasteiger partial charge in [0.1, 0.15) is 5.75 Å². The van der Waals surface area contributed by atoms with Crippen molar-refractivity contribution in [1.29, 1.82) is 0 Å². The van der Waals surface area contributed by atoms with Crippen molar-refractivity contribution in [2.75, 3.05) is 17.2 Å². The molecule has 0 atom stereocenters. The lowest BCUT2D eigenvalue weighted by atomic mass is 10.1. The zero-order valence-corrected chi connectivity index (χ0v) is 15.4. The Labute approximate surface area is 160 Å². The number of benzene rings is 3. The Morgan fingerprint density at radius 3 is 2.26 bits per heavy atom. The van der Waals surface area contributed by atoms with Crippen LogP contribution in [-0.2, 0) is 11.3 Å². The van der Waals surface area contributed by atoms with E-state index in [2.05, 4.69) is 29.7 Å². The summed E-state index contributed by atoms with van der Waals surface area (Å²) in [6.07, 6.45) is 0.308. The molecule has 3 aromatic carbocycles. The van der Waals surface area contributed by atoms with Crippen molar-refractivity contribution >= 4 is 17.3 Å². The molecule has 3 rings (SSSR count). The van der Waals surface area contributed by atoms with E-state index in [1.165, 1.54) is 11.1 Å². The first kappa shape index (κ1) is 18.5. The van der Waals surface area contributed by atoms with Crippen molar-refractivity contribution in [3.8, 4) is 5.75 Å². The fraction of sp³-hybridized carbons (Fsp3) is 0.174. The summed E-state index contributed by atoms with van der Waals surface area (Å²) in [4.78, 5) is 12.0. The Balaban J connectivity index is 1.43. The summed E-state index contributed by atoms with van der Waals surface area (Å²) in [5.41, 5.74) is 4.34. The van der Waals surface area contributed by atoms with Crippen molar-refractivity contribution in [3.05, 3.63) is 90.0 Å². The molecule has 4 nitrogen and oxygen atoms in total. The number of anilines is 2. The normalized spacial score (nSPS) is 10.3. The average Bonchev–Trinajstić information content (AvgIpc) is 2.69. The van der Waals surface area contributed by atoms with Crippen LogP contribution in [-0.4, -0.2) is 12.5 Å². The fourth-order valence-electron chi connectivity index (χ4n) is 2.68. The van der Waals surface area contributed by atoms with E-state index >= 15 is 0 Å². The minimum Gasteiger partial charge on any atom is -0.493 e. The molecular weight excluding hydrogens is 336 g/mol. The summed E-state index contributed by atoms with van der Waals surface area (Å²) in [6.45, 7) is 3.23. The second-order valence-electron chi connectivity index (χ2n) is 6.32. The third kappa shape index (κ3) is 5.89. The van der Waals surface area contributed by atoms with Gasteiger partial charge in [-0.2, -0.15) is 0 Å². The van der Waals surface area contributed by atoms with Crippen LogP contribution in [0.3, 0.4) is 0 Å². The second kappa shape index (κ2) is 9.43. The molecule has 0 saturated carbocycles. The highest BCUT2D eigenvalue weighted by molar-refractivity contribution is 5.90. The van der Waals surface area contributed by atoms with E-state index in [1.54, 1.807) is 0 Å². The number of para-hydroxylation sites is 1. The predicted molar refractivity (Wildman–Crippen MR) is 110 cm³/mol. The van der Waals surface area contributed by atoms with Gasteiger partial charge in [0, 0.05) is 17.9 Å². The Morgan fingerprint density at radius 2 is 1.52 bits per heavy atom. The zero-order chi connectivity index (χ0) is 18.9. The summed E-state index contributed by atoms with van der Waals surface area (Å²) in [7, 11) is 0. The van der Waals surface area contributed by atoms with E-state index in [1.807, 2.05) is 66.7 Å². The SMILES string of the molecule is Cc1ccccc1CNc1ccc(NC(=O)CCOc2ccccc2)cc1. The summed E-state index contributed by atoms with van der Waals surface area (Å²) in [5.74, 6) is 0.709. The molecule has 0 radical (unpaired) electrons. The van der Waals surface area contributed by atoms with Crippen molar-refractivity contribution in [1.82, 2.24) is 0 Å². The molecule has 0 heterocycles. The fourth-order valence-corrected chi connectivity index (χ4v) is 2.68. The van der Waals surface area contributed by atoms with Gasteiger partial charge in [-0.3, -0.25) is 4.79 Å². The lowest BCUT2D eigenvalue weighted by Crippen LogP contribution is -2.15. The van der Waals surface area contributed by atoms with Crippen molar-refractivity contribution in [2.45, 2.75) is 19.9 Å². The number of amides is 1. The number of hydrogen-bond acceptors (Lipinski definition) is 3. The van der Waals surface area contributed by atoms with Crippen LogP contribution in [0.2, 0.25) is 0 Å². The van der Waals surface area contributed by atoms with Gasteiger partial charge in [-0.15, -0.1) is 0 Å². The number of hydrogen-bond donors (Lipinski definition) is 2. The second-order valence-corrected chi connectivity index (χ2v) is 6.32. The molecule has 0 aliphatic carbocycles. The number of nitrogens with one attached hydrogen (secondary N) is 2. The number of rotatable bonds is 8. The molecule has 4 heteroatoms. The summed E-state index contributed by atoms with van der Waals surface area (Å²) in [5, 5.41) is 6.29. The molecule has 0 aliphatic heterocycles. The van der Waals surface area contributed by atoms with Gasteiger partial charge in [-0.05, 0) is 54.4 Å². The topological polar surface area (TPSA) is 50.4 Å². The van der Waals surface area contributed by atoms with Gasteiger partial charge in [-0.1, -0.05) is 42.5 Å². The third-order valence-electron chi connectivity index (χ3n) is 4.25. The maximum absolute atomic E-state index is 12.0. The zero-order valence-electron chi connectivity index (χ0n) is 15.4. The van der Waals surface area contributed by atoms with Crippen LogP contribution in [0.25, 0.3) is 0 Å². The molecule has 0 aliphatic rings. The van der Waals surface area contributed by atoms with Crippen LogP contribution in [0.15, 0.2) is 78.9 Å². The quantitative estimate of drug-likeness (QED) is 0.593. The monoisotopic (exact) mass is 360 g/mol. The molecule has 0 spiro atoms. The predicted octanol–water partition coefficient (Wildman–Crippen LogP) is 5.01. The van der Waals surface area contributed by atoms with Crippen LogP contribution >= 0.6 is 0 Å². The molecule has 0 aromatic heterocycles. The van der Waals surface area contributed by atoms with E-state index < -0.39 is 0 Å². The number of carbonyl (C=O) groups is 1. The van der Waals surface area contributed by atoms with Crippen LogP contribution in [0.5, 0.6) is 5.75 Å². The minimum atomic E-state index is -0.0634. The van der Waals surface area contributed by atoms with Gasteiger partial charge in [-0.25, -0.2) is 0 Å². The molecule has 138 valence electrons. The van der Waals surface area contributed by atoms with Gasteiger partial charge < -0.3 is 15.4 Å². The van der Waals surface area contributed by atoms with E-state index in [4.69, 9.17) is 4.74 Å². The maximum atomic E-state index is 12.0. The first-order chi connectivity index (χ1) is 13.2. The Hall–Kier alpha value is -3.27. The molecule has 2 N–H and O–H groups in total. The summed E-state index contributed by atoms with van der Waals surface area (Å²) < 4.78 is 5.55. The molecular formula is C23H24N2O2. The highest BCUT2D eigenvalue weighted by Crippen LogP contribution is 2.16. The lowest BCUT2D eigenvalue weighted by Gasteiger charge is -2.10. The van der Waals surface area contributed by atoms with E-state index in [0.29, 0.717) is 13.0 Å². The molecule has 0 bridgehead atoms. The van der Waals surface area contributed by atoms with Gasteiger partial charge in [0.2, 0.25) is 5.91 Å². The Bertz CT molecular complexity index is 861. The first-order valence-electron chi connectivity index (χ1n) is 9.07. The maximum Gasteiger partial charge on any atom is 0.227 e. The Kier molecular flexibility index (Phi) is 6.47. The van der Waals surface area contributed by atoms with Crippen molar-refractivity contribution < 1.29 is 9.53 Å². The molecule has 27 heavy (non-hydrogen) atoms. The number of aryl methyl sites for hydroxylation is 1. The van der Waals surface area contributed by atoms with Crippen LogP contribution < -0.4 is 15.4 Å². The minimum absolute atomic E-state index is 0.0634. The van der Waals surface area contributed by atoms with E-state index in [9.17, 15) is 4.79 Å². The summed E-state index contributed by atoms with van der Waals surface area (Å²) in [6, 6.07) is 25.5. The molecule has 1 amide bonds. The lowest BCUT2D eigenvalue weighted by molar-refractivity contribution is -0.116. The molecule has 0 unspecified atom stereocenters. The number of ether oxygens (including phenoxy) is 1. The summed E-state index contributed by atoms with van der Waals surface area (Å²) >= 11 is 0. The highest BCUT2D eigenvalue weighted by atomic mass is 16.5. The van der Waals surface area contributed by atoms with Gasteiger partial charge in [0.25, 0.3) is 0 Å².